The van der Waals surface area contributed by atoms with Crippen molar-refractivity contribution in [3.63, 3.8) is 0 Å². The third-order valence-electron chi connectivity index (χ3n) is 3.27. The number of aromatic nitrogens is 1. The van der Waals surface area contributed by atoms with Crippen molar-refractivity contribution in [1.29, 1.82) is 0 Å². The van der Waals surface area contributed by atoms with E-state index >= 15 is 0 Å². The molecule has 0 saturated carbocycles. The van der Waals surface area contributed by atoms with E-state index in [0.717, 1.165) is 24.5 Å². The first-order valence-electron chi connectivity index (χ1n) is 6.02. The molecule has 3 rings (SSSR count). The molecule has 1 aliphatic rings. The number of aryl methyl sites for hydroxylation is 1. The molecule has 0 radical (unpaired) electrons. The highest BCUT2D eigenvalue weighted by atomic mass is 32.1. The Labute approximate surface area is 105 Å². The molecular formula is C13H16N2OS. The summed E-state index contributed by atoms with van der Waals surface area (Å²) in [7, 11) is 0. The Kier molecular flexibility index (Phi) is 2.99. The van der Waals surface area contributed by atoms with Gasteiger partial charge < -0.3 is 4.52 Å². The maximum atomic E-state index is 5.30. The molecular weight excluding hydrogens is 232 g/mol. The van der Waals surface area contributed by atoms with Crippen LogP contribution in [0, 0.1) is 6.92 Å². The molecule has 1 fully saturated rings. The second kappa shape index (κ2) is 4.63. The summed E-state index contributed by atoms with van der Waals surface area (Å²) < 4.78 is 5.30. The fourth-order valence-electron chi connectivity index (χ4n) is 2.51. The van der Waals surface area contributed by atoms with Crippen molar-refractivity contribution in [3.8, 4) is 0 Å². The number of thiophene rings is 1. The maximum Gasteiger partial charge on any atom is 0.150 e. The van der Waals surface area contributed by atoms with Gasteiger partial charge in [0.25, 0.3) is 0 Å². The van der Waals surface area contributed by atoms with Crippen molar-refractivity contribution >= 4 is 11.3 Å². The second-order valence-electron chi connectivity index (χ2n) is 4.58. The quantitative estimate of drug-likeness (QED) is 0.834. The molecule has 0 spiro atoms. The highest BCUT2D eigenvalue weighted by Crippen LogP contribution is 2.35. The van der Waals surface area contributed by atoms with Gasteiger partial charge in [-0.25, -0.2) is 0 Å². The van der Waals surface area contributed by atoms with Crippen LogP contribution in [-0.4, -0.2) is 16.6 Å². The van der Waals surface area contributed by atoms with Crippen LogP contribution in [0.15, 0.2) is 28.1 Å². The van der Waals surface area contributed by atoms with Gasteiger partial charge in [0.1, 0.15) is 0 Å². The molecule has 2 aromatic heterocycles. The van der Waals surface area contributed by atoms with Crippen molar-refractivity contribution < 1.29 is 4.52 Å². The fraction of sp³-hybridized carbons (Fsp3) is 0.462. The van der Waals surface area contributed by atoms with Crippen LogP contribution < -0.4 is 0 Å². The molecule has 0 aromatic carbocycles. The van der Waals surface area contributed by atoms with E-state index in [2.05, 4.69) is 27.6 Å². The minimum absolute atomic E-state index is 0.570. The van der Waals surface area contributed by atoms with Crippen LogP contribution in [0.3, 0.4) is 0 Å². The second-order valence-corrected chi connectivity index (χ2v) is 5.56. The van der Waals surface area contributed by atoms with Crippen molar-refractivity contribution in [2.75, 3.05) is 6.54 Å². The molecule has 0 amide bonds. The molecule has 0 bridgehead atoms. The monoisotopic (exact) mass is 248 g/mol. The molecule has 3 heterocycles. The summed E-state index contributed by atoms with van der Waals surface area (Å²) in [5.41, 5.74) is 0.965. The Hall–Kier alpha value is -1.13. The third-order valence-corrected chi connectivity index (χ3v) is 4.24. The molecule has 90 valence electrons. The Morgan fingerprint density at radius 2 is 2.53 bits per heavy atom. The van der Waals surface area contributed by atoms with E-state index in [1.807, 2.05) is 24.3 Å². The lowest BCUT2D eigenvalue weighted by Gasteiger charge is -2.21. The van der Waals surface area contributed by atoms with Crippen LogP contribution in [0.5, 0.6) is 0 Å². The van der Waals surface area contributed by atoms with Crippen molar-refractivity contribution in [2.24, 2.45) is 0 Å². The Morgan fingerprint density at radius 3 is 3.24 bits per heavy atom. The van der Waals surface area contributed by atoms with Gasteiger partial charge in [0.15, 0.2) is 5.76 Å². The highest BCUT2D eigenvalue weighted by Gasteiger charge is 2.27. The SMILES string of the molecule is Cc1cc(CN2CCC[C@@H]2c2cccs2)on1. The largest absolute Gasteiger partial charge is 0.360 e. The van der Waals surface area contributed by atoms with Gasteiger partial charge in [0.05, 0.1) is 12.2 Å². The smallest absolute Gasteiger partial charge is 0.150 e. The number of rotatable bonds is 3. The van der Waals surface area contributed by atoms with Gasteiger partial charge in [0, 0.05) is 17.0 Å². The predicted octanol–water partition coefficient (Wildman–Crippen LogP) is 3.38. The van der Waals surface area contributed by atoms with Gasteiger partial charge in [-0.3, -0.25) is 4.90 Å². The molecule has 1 atom stereocenters. The van der Waals surface area contributed by atoms with E-state index in [0.29, 0.717) is 6.04 Å². The van der Waals surface area contributed by atoms with Gasteiger partial charge in [-0.15, -0.1) is 11.3 Å². The van der Waals surface area contributed by atoms with Crippen molar-refractivity contribution in [1.82, 2.24) is 10.1 Å². The van der Waals surface area contributed by atoms with Gasteiger partial charge in [-0.2, -0.15) is 0 Å². The molecule has 1 aliphatic heterocycles. The zero-order valence-corrected chi connectivity index (χ0v) is 10.7. The van der Waals surface area contributed by atoms with E-state index in [9.17, 15) is 0 Å². The molecule has 17 heavy (non-hydrogen) atoms. The van der Waals surface area contributed by atoms with Crippen LogP contribution in [0.1, 0.15) is 35.2 Å². The molecule has 0 aliphatic carbocycles. The Bertz CT molecular complexity index is 477. The zero-order valence-electron chi connectivity index (χ0n) is 9.93. The topological polar surface area (TPSA) is 29.3 Å². The normalized spacial score (nSPS) is 21.1. The average Bonchev–Trinajstić information content (AvgIpc) is 3.00. The summed E-state index contributed by atoms with van der Waals surface area (Å²) in [4.78, 5) is 3.96. The summed E-state index contributed by atoms with van der Waals surface area (Å²) in [6.07, 6.45) is 2.53. The number of hydrogen-bond donors (Lipinski definition) is 0. The first-order chi connectivity index (χ1) is 8.33. The summed E-state index contributed by atoms with van der Waals surface area (Å²) in [6, 6.07) is 6.97. The van der Waals surface area contributed by atoms with Crippen LogP contribution in [-0.2, 0) is 6.54 Å². The van der Waals surface area contributed by atoms with Crippen molar-refractivity contribution in [2.45, 2.75) is 32.4 Å². The van der Waals surface area contributed by atoms with Crippen molar-refractivity contribution in [3.05, 3.63) is 39.9 Å². The first kappa shape index (κ1) is 11.0. The van der Waals surface area contributed by atoms with Gasteiger partial charge >= 0.3 is 0 Å². The molecule has 4 heteroatoms. The molecule has 0 N–H and O–H groups in total. The number of hydrogen-bond acceptors (Lipinski definition) is 4. The standard InChI is InChI=1S/C13H16N2OS/c1-10-8-11(16-14-10)9-15-6-2-4-12(15)13-5-3-7-17-13/h3,5,7-8,12H,2,4,6,9H2,1H3/t12-/m1/s1. The lowest BCUT2D eigenvalue weighted by molar-refractivity contribution is 0.219. The van der Waals surface area contributed by atoms with Gasteiger partial charge in [0.2, 0.25) is 0 Å². The van der Waals surface area contributed by atoms with E-state index in [1.165, 1.54) is 17.7 Å². The van der Waals surface area contributed by atoms with Crippen LogP contribution in [0.4, 0.5) is 0 Å². The summed E-state index contributed by atoms with van der Waals surface area (Å²) in [5.74, 6) is 0.978. The van der Waals surface area contributed by atoms with Crippen LogP contribution in [0.25, 0.3) is 0 Å². The molecule has 0 unspecified atom stereocenters. The zero-order chi connectivity index (χ0) is 11.7. The highest BCUT2D eigenvalue weighted by molar-refractivity contribution is 7.10. The summed E-state index contributed by atoms with van der Waals surface area (Å²) in [6.45, 7) is 4.00. The Morgan fingerprint density at radius 1 is 1.59 bits per heavy atom. The van der Waals surface area contributed by atoms with E-state index in [1.54, 1.807) is 0 Å². The Balaban J connectivity index is 1.74. The summed E-state index contributed by atoms with van der Waals surface area (Å²) >= 11 is 1.85. The fourth-order valence-corrected chi connectivity index (χ4v) is 3.40. The minimum atomic E-state index is 0.570. The number of likely N-dealkylation sites (tertiary alicyclic amines) is 1. The van der Waals surface area contributed by atoms with Gasteiger partial charge in [-0.05, 0) is 37.8 Å². The van der Waals surface area contributed by atoms with Crippen LogP contribution >= 0.6 is 11.3 Å². The summed E-state index contributed by atoms with van der Waals surface area (Å²) in [5, 5.41) is 6.10. The molecule has 2 aromatic rings. The average molecular weight is 248 g/mol. The first-order valence-corrected chi connectivity index (χ1v) is 6.90. The lowest BCUT2D eigenvalue weighted by atomic mass is 10.2. The maximum absolute atomic E-state index is 5.30. The predicted molar refractivity (Wildman–Crippen MR) is 67.9 cm³/mol. The third kappa shape index (κ3) is 2.28. The van der Waals surface area contributed by atoms with E-state index in [-0.39, 0.29) is 0 Å². The lowest BCUT2D eigenvalue weighted by Crippen LogP contribution is -2.21. The minimum Gasteiger partial charge on any atom is -0.360 e. The van der Waals surface area contributed by atoms with Gasteiger partial charge in [-0.1, -0.05) is 11.2 Å². The van der Waals surface area contributed by atoms with E-state index in [4.69, 9.17) is 4.52 Å². The van der Waals surface area contributed by atoms with E-state index < -0.39 is 0 Å². The van der Waals surface area contributed by atoms with Crippen LogP contribution in [0.2, 0.25) is 0 Å². The number of nitrogens with zero attached hydrogens (tertiary/aromatic N) is 2. The molecule has 1 saturated heterocycles. The molecule has 3 nitrogen and oxygen atoms in total.